The van der Waals surface area contributed by atoms with Crippen molar-refractivity contribution in [2.24, 2.45) is 0 Å². The average molecular weight is 468 g/mol. The fraction of sp³-hybridized carbons (Fsp3) is 0.182. The van der Waals surface area contributed by atoms with Gasteiger partial charge in [-0.2, -0.15) is 0 Å². The molecule has 2 heterocycles. The molecule has 2 aromatic carbocycles. The van der Waals surface area contributed by atoms with Gasteiger partial charge in [-0.15, -0.1) is 21.5 Å². The van der Waals surface area contributed by atoms with Crippen LogP contribution in [0.15, 0.2) is 52.2 Å². The second-order valence-corrected chi connectivity index (χ2v) is 10.1. The third kappa shape index (κ3) is 5.69. The number of aromatic nitrogens is 3. The van der Waals surface area contributed by atoms with Crippen molar-refractivity contribution in [1.29, 1.82) is 0 Å². The molecule has 158 valence electrons. The first-order valence-electron chi connectivity index (χ1n) is 9.59. The lowest BCUT2D eigenvalue weighted by atomic mass is 10.1. The number of nitrogens with zero attached hydrogens (tertiary/aromatic N) is 3. The predicted molar refractivity (Wildman–Crippen MR) is 131 cm³/mol. The predicted octanol–water partition coefficient (Wildman–Crippen LogP) is 6.06. The molecule has 6 nitrogen and oxygen atoms in total. The van der Waals surface area contributed by atoms with Gasteiger partial charge in [0.05, 0.1) is 11.4 Å². The average Bonchev–Trinajstić information content (AvgIpc) is 3.39. The van der Waals surface area contributed by atoms with Gasteiger partial charge in [0.25, 0.3) is 0 Å². The van der Waals surface area contributed by atoms with Gasteiger partial charge in [0.15, 0.2) is 9.47 Å². The Morgan fingerprint density at radius 2 is 1.81 bits per heavy atom. The Morgan fingerprint density at radius 1 is 1.00 bits per heavy atom. The number of amides is 1. The van der Waals surface area contributed by atoms with E-state index in [9.17, 15) is 4.79 Å². The van der Waals surface area contributed by atoms with Crippen LogP contribution in [-0.2, 0) is 4.79 Å². The molecule has 31 heavy (non-hydrogen) atoms. The van der Waals surface area contributed by atoms with Crippen molar-refractivity contribution in [1.82, 2.24) is 15.2 Å². The molecule has 4 aromatic rings. The molecule has 2 N–H and O–H groups in total. The van der Waals surface area contributed by atoms with Gasteiger partial charge in [-0.25, -0.2) is 4.98 Å². The molecular formula is C22H21N5OS3. The highest BCUT2D eigenvalue weighted by Gasteiger charge is 2.11. The SMILES string of the molecule is Cc1ccc(-c2csc(NC(=O)CSc3nnc(Nc4ccc(C)c(C)c4)s3)n2)cc1. The van der Waals surface area contributed by atoms with E-state index >= 15 is 0 Å². The van der Waals surface area contributed by atoms with E-state index in [2.05, 4.69) is 70.9 Å². The Hall–Kier alpha value is -2.75. The van der Waals surface area contributed by atoms with Gasteiger partial charge in [-0.05, 0) is 44.0 Å². The number of hydrogen-bond acceptors (Lipinski definition) is 8. The van der Waals surface area contributed by atoms with Crippen molar-refractivity contribution in [2.45, 2.75) is 25.1 Å². The minimum Gasteiger partial charge on any atom is -0.330 e. The monoisotopic (exact) mass is 467 g/mol. The highest BCUT2D eigenvalue weighted by molar-refractivity contribution is 8.01. The Kier molecular flexibility index (Phi) is 6.64. The van der Waals surface area contributed by atoms with Crippen LogP contribution in [0, 0.1) is 20.8 Å². The molecule has 4 rings (SSSR count). The van der Waals surface area contributed by atoms with Gasteiger partial charge < -0.3 is 10.6 Å². The summed E-state index contributed by atoms with van der Waals surface area (Å²) in [6.45, 7) is 6.21. The smallest absolute Gasteiger partial charge is 0.236 e. The van der Waals surface area contributed by atoms with Crippen LogP contribution in [0.3, 0.4) is 0 Å². The summed E-state index contributed by atoms with van der Waals surface area (Å²) >= 11 is 4.20. The summed E-state index contributed by atoms with van der Waals surface area (Å²) < 4.78 is 0.737. The third-order valence-corrected chi connectivity index (χ3v) is 7.32. The zero-order chi connectivity index (χ0) is 21.8. The first-order valence-corrected chi connectivity index (χ1v) is 12.3. The van der Waals surface area contributed by atoms with Crippen molar-refractivity contribution in [2.75, 3.05) is 16.4 Å². The van der Waals surface area contributed by atoms with Crippen LogP contribution in [0.5, 0.6) is 0 Å². The van der Waals surface area contributed by atoms with Crippen LogP contribution < -0.4 is 10.6 Å². The number of hydrogen-bond donors (Lipinski definition) is 2. The van der Waals surface area contributed by atoms with Crippen molar-refractivity contribution >= 4 is 56.3 Å². The second kappa shape index (κ2) is 9.59. The number of thioether (sulfide) groups is 1. The zero-order valence-electron chi connectivity index (χ0n) is 17.3. The Bertz CT molecular complexity index is 1200. The van der Waals surface area contributed by atoms with Gasteiger partial charge in [0, 0.05) is 16.6 Å². The van der Waals surface area contributed by atoms with E-state index in [0.717, 1.165) is 21.3 Å². The summed E-state index contributed by atoms with van der Waals surface area (Å²) in [7, 11) is 0. The fourth-order valence-electron chi connectivity index (χ4n) is 2.73. The number of benzene rings is 2. The summed E-state index contributed by atoms with van der Waals surface area (Å²) in [4.78, 5) is 16.8. The Morgan fingerprint density at radius 3 is 2.58 bits per heavy atom. The zero-order valence-corrected chi connectivity index (χ0v) is 19.8. The van der Waals surface area contributed by atoms with E-state index in [4.69, 9.17) is 0 Å². The maximum Gasteiger partial charge on any atom is 0.236 e. The lowest BCUT2D eigenvalue weighted by molar-refractivity contribution is -0.113. The lowest BCUT2D eigenvalue weighted by Crippen LogP contribution is -2.13. The molecule has 0 spiro atoms. The second-order valence-electron chi connectivity index (χ2n) is 7.04. The fourth-order valence-corrected chi connectivity index (χ4v) is 5.04. The first-order chi connectivity index (χ1) is 15.0. The van der Waals surface area contributed by atoms with E-state index in [1.54, 1.807) is 0 Å². The molecule has 0 bridgehead atoms. The molecule has 0 atom stereocenters. The van der Waals surface area contributed by atoms with Gasteiger partial charge in [0.2, 0.25) is 11.0 Å². The van der Waals surface area contributed by atoms with Crippen LogP contribution in [0.25, 0.3) is 11.3 Å². The highest BCUT2D eigenvalue weighted by atomic mass is 32.2. The number of nitrogens with one attached hydrogen (secondary N) is 2. The van der Waals surface area contributed by atoms with Gasteiger partial charge in [-0.3, -0.25) is 4.79 Å². The number of carbonyl (C=O) groups excluding carboxylic acids is 1. The van der Waals surface area contributed by atoms with Crippen LogP contribution in [0.4, 0.5) is 16.0 Å². The number of rotatable bonds is 7. The Balaban J connectivity index is 1.29. The topological polar surface area (TPSA) is 79.8 Å². The molecule has 0 aliphatic rings. The molecule has 1 amide bonds. The van der Waals surface area contributed by atoms with Crippen molar-refractivity contribution < 1.29 is 4.79 Å². The molecule has 0 aliphatic heterocycles. The first kappa shape index (κ1) is 21.5. The minimum absolute atomic E-state index is 0.117. The van der Waals surface area contributed by atoms with E-state index in [0.29, 0.717) is 10.3 Å². The normalized spacial score (nSPS) is 10.8. The number of thiazole rings is 1. The summed E-state index contributed by atoms with van der Waals surface area (Å²) in [5.74, 6) is 0.131. The number of anilines is 3. The summed E-state index contributed by atoms with van der Waals surface area (Å²) in [6, 6.07) is 14.3. The van der Waals surface area contributed by atoms with Crippen LogP contribution >= 0.6 is 34.4 Å². The van der Waals surface area contributed by atoms with Crippen LogP contribution in [-0.4, -0.2) is 26.8 Å². The van der Waals surface area contributed by atoms with Gasteiger partial charge in [0.1, 0.15) is 0 Å². The molecule has 0 saturated heterocycles. The number of carbonyl (C=O) groups is 1. The third-order valence-electron chi connectivity index (χ3n) is 4.59. The molecule has 0 unspecified atom stereocenters. The quantitative estimate of drug-likeness (QED) is 0.322. The van der Waals surface area contributed by atoms with Gasteiger partial charge in [-0.1, -0.05) is 59.0 Å². The van der Waals surface area contributed by atoms with Crippen molar-refractivity contribution in [3.05, 3.63) is 64.5 Å². The maximum atomic E-state index is 12.3. The van der Waals surface area contributed by atoms with E-state index < -0.39 is 0 Å². The van der Waals surface area contributed by atoms with Crippen LogP contribution in [0.2, 0.25) is 0 Å². The van der Waals surface area contributed by atoms with Crippen molar-refractivity contribution in [3.63, 3.8) is 0 Å². The molecular weight excluding hydrogens is 446 g/mol. The molecule has 0 fully saturated rings. The standard InChI is InChI=1S/C22H21N5OS3/c1-13-4-7-16(8-5-13)18-11-29-20(24-18)25-19(28)12-30-22-27-26-21(31-22)23-17-9-6-14(2)15(3)10-17/h4-11H,12H2,1-3H3,(H,23,26)(H,24,25,28). The van der Waals surface area contributed by atoms with Gasteiger partial charge >= 0.3 is 0 Å². The highest BCUT2D eigenvalue weighted by Crippen LogP contribution is 2.29. The minimum atomic E-state index is -0.117. The summed E-state index contributed by atoms with van der Waals surface area (Å²) in [5.41, 5.74) is 6.54. The summed E-state index contributed by atoms with van der Waals surface area (Å²) in [6.07, 6.45) is 0. The van der Waals surface area contributed by atoms with E-state index in [1.165, 1.54) is 51.1 Å². The maximum absolute atomic E-state index is 12.3. The lowest BCUT2D eigenvalue weighted by Gasteiger charge is -2.05. The molecule has 9 heteroatoms. The molecule has 0 saturated carbocycles. The van der Waals surface area contributed by atoms with Crippen LogP contribution in [0.1, 0.15) is 16.7 Å². The molecule has 0 aliphatic carbocycles. The van der Waals surface area contributed by atoms with Crippen molar-refractivity contribution in [3.8, 4) is 11.3 Å². The number of aryl methyl sites for hydroxylation is 3. The largest absolute Gasteiger partial charge is 0.330 e. The molecule has 2 aromatic heterocycles. The Labute approximate surface area is 193 Å². The summed E-state index contributed by atoms with van der Waals surface area (Å²) in [5, 5.41) is 17.7. The van der Waals surface area contributed by atoms with E-state index in [1.807, 2.05) is 23.6 Å². The molecule has 0 radical (unpaired) electrons. The van der Waals surface area contributed by atoms with E-state index in [-0.39, 0.29) is 11.7 Å².